The Morgan fingerprint density at radius 1 is 1.05 bits per heavy atom. The van der Waals surface area contributed by atoms with Gasteiger partial charge in [-0.1, -0.05) is 32.0 Å². The van der Waals surface area contributed by atoms with Crippen molar-refractivity contribution in [3.63, 3.8) is 0 Å². The third-order valence-corrected chi connectivity index (χ3v) is 3.08. The predicted molar refractivity (Wildman–Crippen MR) is 82.6 cm³/mol. The first-order valence-corrected chi connectivity index (χ1v) is 6.91. The summed E-state index contributed by atoms with van der Waals surface area (Å²) in [5, 5.41) is 0. The molecule has 0 aromatic heterocycles. The summed E-state index contributed by atoms with van der Waals surface area (Å²) in [6.07, 6.45) is 0. The Kier molecular flexibility index (Phi) is 4.51. The molecule has 0 fully saturated rings. The lowest BCUT2D eigenvalue weighted by Gasteiger charge is -2.13. The number of rotatable bonds is 5. The average Bonchev–Trinajstić information content (AvgIpc) is 2.44. The van der Waals surface area contributed by atoms with E-state index < -0.39 is 0 Å². The van der Waals surface area contributed by atoms with Gasteiger partial charge in [0.1, 0.15) is 17.2 Å². The lowest BCUT2D eigenvalue weighted by molar-refractivity contribution is 0.340. The molecule has 3 nitrogen and oxygen atoms in total. The Balaban J connectivity index is 2.26. The van der Waals surface area contributed by atoms with Gasteiger partial charge < -0.3 is 15.2 Å². The molecule has 2 aromatic carbocycles. The molecule has 0 aliphatic carbocycles. The molecular formula is C17H21NO2. The Morgan fingerprint density at radius 3 is 2.45 bits per heavy atom. The largest absolute Gasteiger partial charge is 0.492 e. The van der Waals surface area contributed by atoms with Crippen molar-refractivity contribution in [1.29, 1.82) is 0 Å². The van der Waals surface area contributed by atoms with E-state index in [0.717, 1.165) is 5.75 Å². The molecule has 2 aromatic rings. The smallest absolute Gasteiger partial charge is 0.154 e. The third kappa shape index (κ3) is 3.23. The van der Waals surface area contributed by atoms with Crippen molar-refractivity contribution in [2.45, 2.75) is 26.7 Å². The van der Waals surface area contributed by atoms with E-state index in [4.69, 9.17) is 15.2 Å². The first kappa shape index (κ1) is 14.3. The van der Waals surface area contributed by atoms with Crippen molar-refractivity contribution in [3.8, 4) is 17.2 Å². The molecule has 20 heavy (non-hydrogen) atoms. The van der Waals surface area contributed by atoms with E-state index >= 15 is 0 Å². The number of nitrogen functional groups attached to an aromatic ring is 1. The SMILES string of the molecule is CCOc1cccc(Oc2cccc(C(C)C)c2)c1N. The van der Waals surface area contributed by atoms with Crippen LogP contribution in [-0.4, -0.2) is 6.61 Å². The summed E-state index contributed by atoms with van der Waals surface area (Å²) in [7, 11) is 0. The second kappa shape index (κ2) is 6.33. The van der Waals surface area contributed by atoms with Crippen molar-refractivity contribution < 1.29 is 9.47 Å². The number of para-hydroxylation sites is 1. The van der Waals surface area contributed by atoms with Gasteiger partial charge in [0.05, 0.1) is 6.61 Å². The number of ether oxygens (including phenoxy) is 2. The molecule has 3 heteroatoms. The molecule has 0 aliphatic rings. The Bertz CT molecular complexity index is 579. The number of benzene rings is 2. The van der Waals surface area contributed by atoms with Crippen molar-refractivity contribution in [3.05, 3.63) is 48.0 Å². The van der Waals surface area contributed by atoms with Crippen molar-refractivity contribution >= 4 is 5.69 Å². The highest BCUT2D eigenvalue weighted by atomic mass is 16.5. The fourth-order valence-electron chi connectivity index (χ4n) is 1.96. The zero-order valence-electron chi connectivity index (χ0n) is 12.2. The zero-order valence-corrected chi connectivity index (χ0v) is 12.2. The van der Waals surface area contributed by atoms with Crippen LogP contribution >= 0.6 is 0 Å². The third-order valence-electron chi connectivity index (χ3n) is 3.08. The highest BCUT2D eigenvalue weighted by molar-refractivity contribution is 5.63. The quantitative estimate of drug-likeness (QED) is 0.809. The maximum Gasteiger partial charge on any atom is 0.154 e. The van der Waals surface area contributed by atoms with Crippen LogP contribution in [0.4, 0.5) is 5.69 Å². The highest BCUT2D eigenvalue weighted by Gasteiger charge is 2.08. The van der Waals surface area contributed by atoms with Crippen LogP contribution in [0.3, 0.4) is 0 Å². The van der Waals surface area contributed by atoms with Gasteiger partial charge in [-0.2, -0.15) is 0 Å². The van der Waals surface area contributed by atoms with Gasteiger partial charge in [0.15, 0.2) is 5.75 Å². The van der Waals surface area contributed by atoms with E-state index in [1.807, 2.05) is 43.3 Å². The fraction of sp³-hybridized carbons (Fsp3) is 0.294. The molecule has 0 spiro atoms. The van der Waals surface area contributed by atoms with Crippen molar-refractivity contribution in [2.24, 2.45) is 0 Å². The van der Waals surface area contributed by atoms with Gasteiger partial charge in [0.2, 0.25) is 0 Å². The van der Waals surface area contributed by atoms with Crippen LogP contribution < -0.4 is 15.2 Å². The predicted octanol–water partition coefficient (Wildman–Crippen LogP) is 4.58. The van der Waals surface area contributed by atoms with Crippen molar-refractivity contribution in [1.82, 2.24) is 0 Å². The van der Waals surface area contributed by atoms with E-state index in [9.17, 15) is 0 Å². The van der Waals surface area contributed by atoms with Crippen LogP contribution in [0, 0.1) is 0 Å². The van der Waals surface area contributed by atoms with Crippen LogP contribution in [0.2, 0.25) is 0 Å². The van der Waals surface area contributed by atoms with E-state index in [1.54, 1.807) is 0 Å². The van der Waals surface area contributed by atoms with Crippen LogP contribution in [-0.2, 0) is 0 Å². The molecule has 0 saturated carbocycles. The molecule has 0 atom stereocenters. The Labute approximate surface area is 120 Å². The van der Waals surface area contributed by atoms with Gasteiger partial charge in [-0.15, -0.1) is 0 Å². The molecule has 0 amide bonds. The van der Waals surface area contributed by atoms with Crippen LogP contribution in [0.1, 0.15) is 32.3 Å². The van der Waals surface area contributed by atoms with Gasteiger partial charge in [-0.25, -0.2) is 0 Å². The zero-order chi connectivity index (χ0) is 14.5. The summed E-state index contributed by atoms with van der Waals surface area (Å²) in [6, 6.07) is 13.6. The van der Waals surface area contributed by atoms with Gasteiger partial charge in [-0.3, -0.25) is 0 Å². The standard InChI is InChI=1S/C17H21NO2/c1-4-19-15-9-6-10-16(17(15)18)20-14-8-5-7-13(11-14)12(2)3/h5-12H,4,18H2,1-3H3. The van der Waals surface area contributed by atoms with E-state index in [0.29, 0.717) is 29.7 Å². The normalized spacial score (nSPS) is 10.6. The van der Waals surface area contributed by atoms with Crippen LogP contribution in [0.5, 0.6) is 17.2 Å². The van der Waals surface area contributed by atoms with Crippen LogP contribution in [0.25, 0.3) is 0 Å². The van der Waals surface area contributed by atoms with Gasteiger partial charge in [0.25, 0.3) is 0 Å². The summed E-state index contributed by atoms with van der Waals surface area (Å²) in [4.78, 5) is 0. The first-order valence-electron chi connectivity index (χ1n) is 6.91. The average molecular weight is 271 g/mol. The minimum Gasteiger partial charge on any atom is -0.492 e. The second-order valence-electron chi connectivity index (χ2n) is 4.93. The first-order chi connectivity index (χ1) is 9.61. The molecular weight excluding hydrogens is 250 g/mol. The number of hydrogen-bond donors (Lipinski definition) is 1. The fourth-order valence-corrected chi connectivity index (χ4v) is 1.96. The molecule has 2 N–H and O–H groups in total. The number of nitrogens with two attached hydrogens (primary N) is 1. The molecule has 0 heterocycles. The molecule has 0 unspecified atom stereocenters. The monoisotopic (exact) mass is 271 g/mol. The maximum absolute atomic E-state index is 6.07. The van der Waals surface area contributed by atoms with E-state index in [-0.39, 0.29) is 0 Å². The maximum atomic E-state index is 6.07. The minimum atomic E-state index is 0.464. The number of anilines is 1. The second-order valence-corrected chi connectivity index (χ2v) is 4.93. The summed E-state index contributed by atoms with van der Waals surface area (Å²) in [5.74, 6) is 2.53. The topological polar surface area (TPSA) is 44.5 Å². The van der Waals surface area contributed by atoms with E-state index in [2.05, 4.69) is 19.9 Å². The number of hydrogen-bond acceptors (Lipinski definition) is 3. The minimum absolute atomic E-state index is 0.464. The lowest BCUT2D eigenvalue weighted by atomic mass is 10.0. The molecule has 0 bridgehead atoms. The summed E-state index contributed by atoms with van der Waals surface area (Å²) >= 11 is 0. The highest BCUT2D eigenvalue weighted by Crippen LogP contribution is 2.35. The van der Waals surface area contributed by atoms with E-state index in [1.165, 1.54) is 5.56 Å². The lowest BCUT2D eigenvalue weighted by Crippen LogP contribution is -1.99. The molecule has 106 valence electrons. The van der Waals surface area contributed by atoms with Crippen molar-refractivity contribution in [2.75, 3.05) is 12.3 Å². The van der Waals surface area contributed by atoms with Gasteiger partial charge >= 0.3 is 0 Å². The Morgan fingerprint density at radius 2 is 1.75 bits per heavy atom. The summed E-state index contributed by atoms with van der Waals surface area (Å²) in [5.41, 5.74) is 7.83. The summed E-state index contributed by atoms with van der Waals surface area (Å²) in [6.45, 7) is 6.82. The molecule has 0 saturated heterocycles. The van der Waals surface area contributed by atoms with Gasteiger partial charge in [0, 0.05) is 0 Å². The summed E-state index contributed by atoms with van der Waals surface area (Å²) < 4.78 is 11.4. The molecule has 0 aliphatic heterocycles. The molecule has 2 rings (SSSR count). The molecule has 0 radical (unpaired) electrons. The van der Waals surface area contributed by atoms with Crippen LogP contribution in [0.15, 0.2) is 42.5 Å². The van der Waals surface area contributed by atoms with Gasteiger partial charge in [-0.05, 0) is 42.7 Å². The Hall–Kier alpha value is -2.16.